The van der Waals surface area contributed by atoms with Gasteiger partial charge in [0.05, 0.1) is 0 Å². The van der Waals surface area contributed by atoms with Crippen LogP contribution in [0.2, 0.25) is 0 Å². The topological polar surface area (TPSA) is 14.2 Å². The van der Waals surface area contributed by atoms with Crippen LogP contribution in [0.15, 0.2) is 30.5 Å². The average molecular weight is 200 g/mol. The van der Waals surface area contributed by atoms with Crippen molar-refractivity contribution in [2.45, 2.75) is 13.8 Å². The van der Waals surface area contributed by atoms with Crippen LogP contribution < -0.4 is 4.74 Å². The molecule has 2 heteroatoms. The Morgan fingerprint density at radius 3 is 2.73 bits per heavy atom. The largest absolute Gasteiger partial charge is 0.441 e. The smallest absolute Gasteiger partial charge is 0.200 e. The molecule has 0 saturated carbocycles. The van der Waals surface area contributed by atoms with Gasteiger partial charge < -0.3 is 9.30 Å². The number of aryl methyl sites for hydroxylation is 2. The van der Waals surface area contributed by atoms with Crippen molar-refractivity contribution < 1.29 is 4.74 Å². The van der Waals surface area contributed by atoms with Crippen LogP contribution in [-0.2, 0) is 7.05 Å². The van der Waals surface area contributed by atoms with E-state index >= 15 is 0 Å². The number of ether oxygens (including phenoxy) is 1. The Morgan fingerprint density at radius 2 is 2.07 bits per heavy atom. The van der Waals surface area contributed by atoms with Gasteiger partial charge in [-0.2, -0.15) is 0 Å². The summed E-state index contributed by atoms with van der Waals surface area (Å²) in [6.45, 7) is 4.15. The predicted molar refractivity (Wildman–Crippen MR) is 60.2 cm³/mol. The molecule has 1 heterocycles. The summed E-state index contributed by atoms with van der Waals surface area (Å²) < 4.78 is 7.70. The predicted octanol–water partition coefficient (Wildman–Crippen LogP) is 3.23. The van der Waals surface area contributed by atoms with E-state index in [2.05, 4.69) is 26.0 Å². The molecule has 1 radical (unpaired) electrons. The van der Waals surface area contributed by atoms with Crippen molar-refractivity contribution in [1.29, 1.82) is 0 Å². The van der Waals surface area contributed by atoms with Crippen LogP contribution in [0.25, 0.3) is 0 Å². The van der Waals surface area contributed by atoms with Crippen molar-refractivity contribution in [3.63, 3.8) is 0 Å². The van der Waals surface area contributed by atoms with Crippen LogP contribution in [0, 0.1) is 19.9 Å². The fourth-order valence-electron chi connectivity index (χ4n) is 1.43. The van der Waals surface area contributed by atoms with E-state index < -0.39 is 0 Å². The second-order valence-corrected chi connectivity index (χ2v) is 3.69. The maximum absolute atomic E-state index is 5.79. The number of rotatable bonds is 2. The Bertz CT molecular complexity index is 471. The van der Waals surface area contributed by atoms with Gasteiger partial charge >= 0.3 is 0 Å². The number of nitrogens with zero attached hydrogens (tertiary/aromatic N) is 1. The van der Waals surface area contributed by atoms with E-state index in [4.69, 9.17) is 4.74 Å². The molecule has 0 spiro atoms. The third-order valence-electron chi connectivity index (χ3n) is 2.59. The van der Waals surface area contributed by atoms with E-state index in [1.54, 1.807) is 0 Å². The summed E-state index contributed by atoms with van der Waals surface area (Å²) in [7, 11) is 1.94. The summed E-state index contributed by atoms with van der Waals surface area (Å²) in [5.41, 5.74) is 2.42. The summed E-state index contributed by atoms with van der Waals surface area (Å²) in [5.74, 6) is 1.72. The lowest BCUT2D eigenvalue weighted by atomic mass is 10.1. The molecule has 0 aliphatic carbocycles. The Kier molecular flexibility index (Phi) is 2.50. The van der Waals surface area contributed by atoms with Crippen molar-refractivity contribution in [2.24, 2.45) is 7.05 Å². The van der Waals surface area contributed by atoms with Gasteiger partial charge in [0.25, 0.3) is 0 Å². The first-order valence-corrected chi connectivity index (χ1v) is 4.95. The zero-order valence-corrected chi connectivity index (χ0v) is 9.24. The van der Waals surface area contributed by atoms with Crippen LogP contribution in [0.1, 0.15) is 11.1 Å². The van der Waals surface area contributed by atoms with Crippen LogP contribution in [0.4, 0.5) is 0 Å². The summed E-state index contributed by atoms with van der Waals surface area (Å²) >= 11 is 0. The molecule has 0 aliphatic heterocycles. The molecular formula is C13H14NO. The molecule has 0 amide bonds. The maximum atomic E-state index is 5.79. The number of aromatic nitrogens is 1. The van der Waals surface area contributed by atoms with E-state index in [1.165, 1.54) is 11.1 Å². The standard InChI is InChI=1S/C13H14NO/c1-10-6-4-7-12(11(10)2)15-13-8-5-9-14(13)3/h4,6-9H,1-3H3. The quantitative estimate of drug-likeness (QED) is 0.726. The highest BCUT2D eigenvalue weighted by Gasteiger charge is 2.04. The number of hydrogen-bond acceptors (Lipinski definition) is 1. The fourth-order valence-corrected chi connectivity index (χ4v) is 1.43. The van der Waals surface area contributed by atoms with Gasteiger partial charge in [0.1, 0.15) is 5.75 Å². The molecule has 0 saturated heterocycles. The molecule has 0 bridgehead atoms. The minimum Gasteiger partial charge on any atom is -0.441 e. The molecule has 77 valence electrons. The van der Waals surface area contributed by atoms with Crippen molar-refractivity contribution in [1.82, 2.24) is 4.57 Å². The zero-order chi connectivity index (χ0) is 10.8. The summed E-state index contributed by atoms with van der Waals surface area (Å²) in [4.78, 5) is 0. The number of benzene rings is 1. The molecular weight excluding hydrogens is 186 g/mol. The molecule has 0 aliphatic rings. The first-order chi connectivity index (χ1) is 7.18. The second kappa shape index (κ2) is 3.81. The van der Waals surface area contributed by atoms with Crippen molar-refractivity contribution in [3.05, 3.63) is 47.7 Å². The van der Waals surface area contributed by atoms with Gasteiger partial charge in [-0.1, -0.05) is 12.1 Å². The molecule has 0 N–H and O–H groups in total. The van der Waals surface area contributed by atoms with Crippen LogP contribution >= 0.6 is 0 Å². The van der Waals surface area contributed by atoms with Gasteiger partial charge in [0, 0.05) is 25.4 Å². The van der Waals surface area contributed by atoms with Gasteiger partial charge in [-0.25, -0.2) is 0 Å². The Balaban J connectivity index is 2.33. The molecule has 0 fully saturated rings. The zero-order valence-electron chi connectivity index (χ0n) is 9.24. The van der Waals surface area contributed by atoms with Crippen LogP contribution in [-0.4, -0.2) is 4.57 Å². The highest BCUT2D eigenvalue weighted by molar-refractivity contribution is 5.40. The lowest BCUT2D eigenvalue weighted by Gasteiger charge is -2.10. The summed E-state index contributed by atoms with van der Waals surface area (Å²) in [6.07, 6.45) is 1.85. The van der Waals surface area contributed by atoms with Gasteiger partial charge in [0.15, 0.2) is 5.88 Å². The Hall–Kier alpha value is -1.70. The summed E-state index contributed by atoms with van der Waals surface area (Å²) in [6, 6.07) is 10.9. The van der Waals surface area contributed by atoms with Crippen molar-refractivity contribution >= 4 is 0 Å². The highest BCUT2D eigenvalue weighted by Crippen LogP contribution is 2.26. The van der Waals surface area contributed by atoms with E-state index in [1.807, 2.05) is 36.0 Å². The van der Waals surface area contributed by atoms with Gasteiger partial charge in [-0.15, -0.1) is 0 Å². The van der Waals surface area contributed by atoms with Crippen molar-refractivity contribution in [2.75, 3.05) is 0 Å². The minimum absolute atomic E-state index is 0.809. The molecule has 0 unspecified atom stereocenters. The van der Waals surface area contributed by atoms with E-state index in [0.29, 0.717) is 0 Å². The summed E-state index contributed by atoms with van der Waals surface area (Å²) in [5, 5.41) is 0. The van der Waals surface area contributed by atoms with Crippen LogP contribution in [0.5, 0.6) is 11.6 Å². The fraction of sp³-hybridized carbons (Fsp3) is 0.231. The highest BCUT2D eigenvalue weighted by atomic mass is 16.5. The first-order valence-electron chi connectivity index (χ1n) is 4.95. The first kappa shape index (κ1) is 9.84. The molecule has 1 aromatic carbocycles. The second-order valence-electron chi connectivity index (χ2n) is 3.69. The van der Waals surface area contributed by atoms with Gasteiger partial charge in [0.2, 0.25) is 0 Å². The third-order valence-corrected chi connectivity index (χ3v) is 2.59. The SMILES string of the molecule is Cc1cccc(Oc2c[c]cn2C)c1C. The lowest BCUT2D eigenvalue weighted by molar-refractivity contribution is 0.440. The molecule has 2 nitrogen and oxygen atoms in total. The van der Waals surface area contributed by atoms with Crippen molar-refractivity contribution in [3.8, 4) is 11.6 Å². The molecule has 2 aromatic rings. The Labute approximate surface area is 90.1 Å². The molecule has 15 heavy (non-hydrogen) atoms. The van der Waals surface area contributed by atoms with Gasteiger partial charge in [-0.3, -0.25) is 0 Å². The van der Waals surface area contributed by atoms with E-state index in [-0.39, 0.29) is 0 Å². The Morgan fingerprint density at radius 1 is 1.27 bits per heavy atom. The normalized spacial score (nSPS) is 10.3. The lowest BCUT2D eigenvalue weighted by Crippen LogP contribution is -1.94. The third kappa shape index (κ3) is 1.89. The minimum atomic E-state index is 0.809. The molecule has 1 aromatic heterocycles. The van der Waals surface area contributed by atoms with E-state index in [0.717, 1.165) is 11.6 Å². The number of hydrogen-bond donors (Lipinski definition) is 0. The maximum Gasteiger partial charge on any atom is 0.200 e. The van der Waals surface area contributed by atoms with E-state index in [9.17, 15) is 0 Å². The van der Waals surface area contributed by atoms with Crippen LogP contribution in [0.3, 0.4) is 0 Å². The van der Waals surface area contributed by atoms with Gasteiger partial charge in [-0.05, 0) is 31.0 Å². The monoisotopic (exact) mass is 200 g/mol. The molecule has 0 atom stereocenters. The average Bonchev–Trinajstić information content (AvgIpc) is 2.60. The molecule has 2 rings (SSSR count).